The molecule has 0 unspecified atom stereocenters. The van der Waals surface area contributed by atoms with Crippen molar-refractivity contribution in [2.24, 2.45) is 0 Å². The lowest BCUT2D eigenvalue weighted by Crippen LogP contribution is -1.95. The second kappa shape index (κ2) is 2.96. The number of nitrogens with zero attached hydrogens (tertiary/aromatic N) is 2. The van der Waals surface area contributed by atoms with Gasteiger partial charge in [-0.25, -0.2) is 4.98 Å². The molecule has 3 heteroatoms. The summed E-state index contributed by atoms with van der Waals surface area (Å²) in [6.07, 6.45) is 5.69. The highest BCUT2D eigenvalue weighted by Gasteiger charge is 1.90. The smallest absolute Gasteiger partial charge is 0.142 e. The van der Waals surface area contributed by atoms with Crippen LogP contribution in [0.15, 0.2) is 25.0 Å². The Morgan fingerprint density at radius 1 is 1.60 bits per heavy atom. The molecule has 0 aliphatic rings. The van der Waals surface area contributed by atoms with Crippen LogP contribution in [-0.2, 0) is 6.42 Å². The van der Waals surface area contributed by atoms with Gasteiger partial charge in [0, 0.05) is 12.6 Å². The summed E-state index contributed by atoms with van der Waals surface area (Å²) in [6.45, 7) is 3.58. The van der Waals surface area contributed by atoms with Crippen LogP contribution in [0.5, 0.6) is 0 Å². The third-order valence-electron chi connectivity index (χ3n) is 1.06. The molecule has 0 bridgehead atoms. The van der Waals surface area contributed by atoms with Crippen molar-refractivity contribution >= 4 is 5.82 Å². The minimum atomic E-state index is 0.458. The number of allylic oxidation sites excluding steroid dienone is 1. The minimum absolute atomic E-state index is 0.458. The van der Waals surface area contributed by atoms with Crippen molar-refractivity contribution in [2.75, 3.05) is 5.73 Å². The zero-order valence-electron chi connectivity index (χ0n) is 5.62. The van der Waals surface area contributed by atoms with Crippen molar-refractivity contribution in [3.05, 3.63) is 30.7 Å². The monoisotopic (exact) mass is 135 g/mol. The van der Waals surface area contributed by atoms with Gasteiger partial charge in [-0.3, -0.25) is 4.98 Å². The van der Waals surface area contributed by atoms with Gasteiger partial charge in [0.1, 0.15) is 5.82 Å². The van der Waals surface area contributed by atoms with E-state index < -0.39 is 0 Å². The highest BCUT2D eigenvalue weighted by atomic mass is 14.9. The van der Waals surface area contributed by atoms with Crippen LogP contribution in [0.2, 0.25) is 0 Å². The first-order valence-electron chi connectivity index (χ1n) is 3.00. The average Bonchev–Trinajstić information content (AvgIpc) is 1.88. The van der Waals surface area contributed by atoms with Crippen molar-refractivity contribution in [3.8, 4) is 0 Å². The van der Waals surface area contributed by atoms with Gasteiger partial charge >= 0.3 is 0 Å². The number of hydrogen-bond donors (Lipinski definition) is 1. The Morgan fingerprint density at radius 3 is 3.00 bits per heavy atom. The fourth-order valence-corrected chi connectivity index (χ4v) is 0.669. The van der Waals surface area contributed by atoms with Crippen molar-refractivity contribution in [3.63, 3.8) is 0 Å². The van der Waals surface area contributed by atoms with Crippen LogP contribution in [0, 0.1) is 0 Å². The molecule has 3 nitrogen and oxygen atoms in total. The molecule has 0 saturated heterocycles. The van der Waals surface area contributed by atoms with Gasteiger partial charge < -0.3 is 5.73 Å². The molecule has 0 atom stereocenters. The number of aromatic nitrogens is 2. The summed E-state index contributed by atoms with van der Waals surface area (Å²) in [6, 6.07) is 0. The van der Waals surface area contributed by atoms with Gasteiger partial charge in [-0.1, -0.05) is 6.08 Å². The first-order valence-corrected chi connectivity index (χ1v) is 3.00. The predicted molar refractivity (Wildman–Crippen MR) is 40.3 cm³/mol. The van der Waals surface area contributed by atoms with Gasteiger partial charge in [0.15, 0.2) is 0 Å². The Labute approximate surface area is 59.6 Å². The molecule has 0 spiro atoms. The van der Waals surface area contributed by atoms with E-state index in [2.05, 4.69) is 16.5 Å². The molecule has 2 N–H and O–H groups in total. The maximum absolute atomic E-state index is 5.38. The molecule has 1 heterocycles. The van der Waals surface area contributed by atoms with E-state index in [1.807, 2.05) is 0 Å². The summed E-state index contributed by atoms with van der Waals surface area (Å²) >= 11 is 0. The van der Waals surface area contributed by atoms with Gasteiger partial charge in [-0.2, -0.15) is 0 Å². The fourth-order valence-electron chi connectivity index (χ4n) is 0.669. The first kappa shape index (κ1) is 6.74. The molecule has 1 aromatic rings. The van der Waals surface area contributed by atoms with E-state index in [9.17, 15) is 0 Å². The number of hydrogen-bond acceptors (Lipinski definition) is 3. The summed E-state index contributed by atoms with van der Waals surface area (Å²) in [5.41, 5.74) is 6.24. The quantitative estimate of drug-likeness (QED) is 0.610. The molecule has 52 valence electrons. The van der Waals surface area contributed by atoms with Crippen LogP contribution in [0.4, 0.5) is 5.82 Å². The van der Waals surface area contributed by atoms with E-state index in [-0.39, 0.29) is 0 Å². The molecule has 0 saturated carbocycles. The largest absolute Gasteiger partial charge is 0.382 e. The second-order valence-electron chi connectivity index (χ2n) is 1.93. The van der Waals surface area contributed by atoms with E-state index in [0.29, 0.717) is 5.82 Å². The van der Waals surface area contributed by atoms with E-state index in [1.54, 1.807) is 12.3 Å². The average molecular weight is 135 g/mol. The lowest BCUT2D eigenvalue weighted by molar-refractivity contribution is 1.07. The number of nitrogen functional groups attached to an aromatic ring is 1. The van der Waals surface area contributed by atoms with E-state index in [1.165, 1.54) is 6.20 Å². The van der Waals surface area contributed by atoms with Crippen LogP contribution in [0.25, 0.3) is 0 Å². The zero-order chi connectivity index (χ0) is 7.40. The van der Waals surface area contributed by atoms with E-state index in [4.69, 9.17) is 5.73 Å². The zero-order valence-corrected chi connectivity index (χ0v) is 5.62. The highest BCUT2D eigenvalue weighted by molar-refractivity contribution is 5.24. The Hall–Kier alpha value is -1.38. The third kappa shape index (κ3) is 1.55. The van der Waals surface area contributed by atoms with Crippen molar-refractivity contribution in [2.45, 2.75) is 6.42 Å². The third-order valence-corrected chi connectivity index (χ3v) is 1.06. The van der Waals surface area contributed by atoms with Crippen LogP contribution >= 0.6 is 0 Å². The molecular weight excluding hydrogens is 126 g/mol. The Morgan fingerprint density at radius 2 is 2.40 bits per heavy atom. The van der Waals surface area contributed by atoms with Gasteiger partial charge in [0.05, 0.1) is 11.9 Å². The summed E-state index contributed by atoms with van der Waals surface area (Å²) in [5.74, 6) is 0.458. The summed E-state index contributed by atoms with van der Waals surface area (Å²) in [7, 11) is 0. The maximum Gasteiger partial charge on any atom is 0.142 e. The molecule has 1 rings (SSSR count). The number of anilines is 1. The molecule has 0 radical (unpaired) electrons. The lowest BCUT2D eigenvalue weighted by Gasteiger charge is -1.94. The first-order chi connectivity index (χ1) is 4.83. The Kier molecular flexibility index (Phi) is 1.99. The predicted octanol–water partition coefficient (Wildman–Crippen LogP) is 0.787. The molecule has 0 aromatic carbocycles. The molecule has 10 heavy (non-hydrogen) atoms. The van der Waals surface area contributed by atoms with Crippen molar-refractivity contribution in [1.29, 1.82) is 0 Å². The molecule has 0 aliphatic heterocycles. The summed E-state index contributed by atoms with van der Waals surface area (Å²) in [4.78, 5) is 7.87. The Bertz CT molecular complexity index is 232. The van der Waals surface area contributed by atoms with Crippen molar-refractivity contribution < 1.29 is 0 Å². The molecule has 1 aromatic heterocycles. The topological polar surface area (TPSA) is 51.8 Å². The minimum Gasteiger partial charge on any atom is -0.382 e. The Balaban J connectivity index is 2.84. The van der Waals surface area contributed by atoms with Gasteiger partial charge in [-0.15, -0.1) is 6.58 Å². The number of nitrogens with two attached hydrogens (primary N) is 1. The standard InChI is InChI=1S/C7H9N3/c1-2-3-6-4-9-5-7(8)10-6/h2,4-5H,1,3H2,(H2,8,10). The van der Waals surface area contributed by atoms with Crippen LogP contribution in [0.1, 0.15) is 5.69 Å². The molecule has 0 fully saturated rings. The lowest BCUT2D eigenvalue weighted by atomic mass is 10.3. The number of rotatable bonds is 2. The van der Waals surface area contributed by atoms with Crippen molar-refractivity contribution in [1.82, 2.24) is 9.97 Å². The SMILES string of the molecule is C=CCc1cncc(N)n1. The maximum atomic E-state index is 5.38. The van der Waals surface area contributed by atoms with E-state index in [0.717, 1.165) is 12.1 Å². The van der Waals surface area contributed by atoms with Crippen LogP contribution < -0.4 is 5.73 Å². The van der Waals surface area contributed by atoms with E-state index >= 15 is 0 Å². The van der Waals surface area contributed by atoms with Gasteiger partial charge in [0.25, 0.3) is 0 Å². The summed E-state index contributed by atoms with van der Waals surface area (Å²) < 4.78 is 0. The van der Waals surface area contributed by atoms with Crippen LogP contribution in [0.3, 0.4) is 0 Å². The second-order valence-corrected chi connectivity index (χ2v) is 1.93. The van der Waals surface area contributed by atoms with Crippen LogP contribution in [-0.4, -0.2) is 9.97 Å². The molecule has 0 amide bonds. The highest BCUT2D eigenvalue weighted by Crippen LogP contribution is 1.97. The molecular formula is C7H9N3. The van der Waals surface area contributed by atoms with Gasteiger partial charge in [-0.05, 0) is 0 Å². The molecule has 0 aliphatic carbocycles. The summed E-state index contributed by atoms with van der Waals surface area (Å²) in [5, 5.41) is 0. The van der Waals surface area contributed by atoms with Gasteiger partial charge in [0.2, 0.25) is 0 Å². The normalized spacial score (nSPS) is 9.20. The fraction of sp³-hybridized carbons (Fsp3) is 0.143.